The average molecular weight is 159 g/mol. The van der Waals surface area contributed by atoms with Crippen LogP contribution in [0, 0.1) is 0 Å². The third kappa shape index (κ3) is 9.92. The van der Waals surface area contributed by atoms with Crippen LogP contribution in [0.15, 0.2) is 0 Å². The topological polar surface area (TPSA) is 23.5 Å². The molecule has 0 amide bonds. The Bertz CT molecular complexity index is 74.0. The molecule has 0 unspecified atom stereocenters. The van der Waals surface area contributed by atoms with E-state index in [0.717, 1.165) is 13.0 Å². The molecule has 0 aromatic carbocycles. The summed E-state index contributed by atoms with van der Waals surface area (Å²) in [5, 5.41) is 10.1. The predicted octanol–water partition coefficient (Wildman–Crippen LogP) is 2.67. The highest BCUT2D eigenvalue weighted by atomic mass is 16.5. The van der Waals surface area contributed by atoms with E-state index in [1.165, 1.54) is 37.2 Å². The molecule has 0 aromatic rings. The highest BCUT2D eigenvalue weighted by Crippen LogP contribution is 2.04. The standard InChI is InChI=1S/C9H21NO/c1-3-4-5-6-7-8-9-10(2)11/h11H,3-9H2,1-2H3. The summed E-state index contributed by atoms with van der Waals surface area (Å²) in [6.07, 6.45) is 7.71. The Morgan fingerprint density at radius 3 is 2.09 bits per heavy atom. The molecule has 0 spiro atoms. The molecule has 0 rings (SSSR count). The minimum Gasteiger partial charge on any atom is -0.314 e. The highest BCUT2D eigenvalue weighted by Gasteiger charge is 1.91. The van der Waals surface area contributed by atoms with Crippen molar-refractivity contribution in [1.82, 2.24) is 5.06 Å². The van der Waals surface area contributed by atoms with Crippen molar-refractivity contribution in [3.05, 3.63) is 0 Å². The minimum atomic E-state index is 0.812. The smallest absolute Gasteiger partial charge is 0.0235 e. The molecule has 0 aliphatic heterocycles. The van der Waals surface area contributed by atoms with Gasteiger partial charge in [0.15, 0.2) is 0 Å². The first-order valence-electron chi connectivity index (χ1n) is 4.67. The highest BCUT2D eigenvalue weighted by molar-refractivity contribution is 4.44. The summed E-state index contributed by atoms with van der Waals surface area (Å²) in [6.45, 7) is 3.04. The summed E-state index contributed by atoms with van der Waals surface area (Å²) in [6, 6.07) is 0. The molecule has 2 nitrogen and oxygen atoms in total. The number of hydrogen-bond acceptors (Lipinski definition) is 2. The Hall–Kier alpha value is -0.0800. The van der Waals surface area contributed by atoms with E-state index in [0.29, 0.717) is 0 Å². The van der Waals surface area contributed by atoms with Crippen LogP contribution in [-0.2, 0) is 0 Å². The van der Waals surface area contributed by atoms with Crippen LogP contribution in [0.25, 0.3) is 0 Å². The average Bonchev–Trinajstić information content (AvgIpc) is 1.96. The molecule has 0 aliphatic carbocycles. The fourth-order valence-corrected chi connectivity index (χ4v) is 1.12. The van der Waals surface area contributed by atoms with Crippen LogP contribution >= 0.6 is 0 Å². The van der Waals surface area contributed by atoms with E-state index in [1.54, 1.807) is 7.05 Å². The summed E-state index contributed by atoms with van der Waals surface area (Å²) in [7, 11) is 1.70. The van der Waals surface area contributed by atoms with Gasteiger partial charge in [-0.05, 0) is 6.42 Å². The Balaban J connectivity index is 2.80. The number of hydrogen-bond donors (Lipinski definition) is 1. The fraction of sp³-hybridized carbons (Fsp3) is 1.00. The monoisotopic (exact) mass is 159 g/mol. The lowest BCUT2D eigenvalue weighted by Crippen LogP contribution is -2.13. The maximum absolute atomic E-state index is 8.79. The van der Waals surface area contributed by atoms with Gasteiger partial charge in [-0.2, -0.15) is 5.06 Å². The first kappa shape index (κ1) is 10.9. The van der Waals surface area contributed by atoms with Gasteiger partial charge < -0.3 is 5.21 Å². The second-order valence-electron chi connectivity index (χ2n) is 3.15. The molecule has 0 aromatic heterocycles. The van der Waals surface area contributed by atoms with Crippen molar-refractivity contribution in [2.24, 2.45) is 0 Å². The van der Waals surface area contributed by atoms with Crippen LogP contribution in [-0.4, -0.2) is 23.9 Å². The first-order valence-corrected chi connectivity index (χ1v) is 4.67. The molecule has 0 atom stereocenters. The van der Waals surface area contributed by atoms with Gasteiger partial charge in [0, 0.05) is 13.6 Å². The number of hydroxylamine groups is 2. The first-order chi connectivity index (χ1) is 5.27. The molecule has 0 heterocycles. The van der Waals surface area contributed by atoms with Crippen molar-refractivity contribution in [2.45, 2.75) is 45.4 Å². The zero-order chi connectivity index (χ0) is 8.53. The second-order valence-corrected chi connectivity index (χ2v) is 3.15. The van der Waals surface area contributed by atoms with Gasteiger partial charge in [-0.15, -0.1) is 0 Å². The zero-order valence-electron chi connectivity index (χ0n) is 7.84. The molecule has 0 radical (unpaired) electrons. The number of rotatable bonds is 7. The Kier molecular flexibility index (Phi) is 7.96. The molecular weight excluding hydrogens is 138 g/mol. The van der Waals surface area contributed by atoms with Gasteiger partial charge in [-0.3, -0.25) is 0 Å². The molecule has 0 bridgehead atoms. The molecule has 11 heavy (non-hydrogen) atoms. The SMILES string of the molecule is CCCCCCCCN(C)O. The maximum atomic E-state index is 8.79. The second kappa shape index (κ2) is 8.02. The number of nitrogens with zero attached hydrogens (tertiary/aromatic N) is 1. The lowest BCUT2D eigenvalue weighted by atomic mass is 10.1. The van der Waals surface area contributed by atoms with Gasteiger partial charge >= 0.3 is 0 Å². The van der Waals surface area contributed by atoms with Crippen molar-refractivity contribution in [1.29, 1.82) is 0 Å². The fourth-order valence-electron chi connectivity index (χ4n) is 1.12. The van der Waals surface area contributed by atoms with E-state index in [-0.39, 0.29) is 0 Å². The van der Waals surface area contributed by atoms with Crippen molar-refractivity contribution in [3.63, 3.8) is 0 Å². The third-order valence-electron chi connectivity index (χ3n) is 1.84. The molecular formula is C9H21NO. The lowest BCUT2D eigenvalue weighted by Gasteiger charge is -2.06. The van der Waals surface area contributed by atoms with E-state index in [4.69, 9.17) is 5.21 Å². The van der Waals surface area contributed by atoms with E-state index in [1.807, 2.05) is 0 Å². The molecule has 68 valence electrons. The van der Waals surface area contributed by atoms with Gasteiger partial charge in [0.05, 0.1) is 0 Å². The van der Waals surface area contributed by atoms with Gasteiger partial charge in [0.2, 0.25) is 0 Å². The van der Waals surface area contributed by atoms with Crippen molar-refractivity contribution < 1.29 is 5.21 Å². The Morgan fingerprint density at radius 2 is 1.55 bits per heavy atom. The van der Waals surface area contributed by atoms with E-state index < -0.39 is 0 Å². The summed E-state index contributed by atoms with van der Waals surface area (Å²) >= 11 is 0. The molecule has 0 saturated carbocycles. The Labute approximate surface area is 70.2 Å². The summed E-state index contributed by atoms with van der Waals surface area (Å²) in [5.74, 6) is 0. The van der Waals surface area contributed by atoms with Crippen molar-refractivity contribution in [2.75, 3.05) is 13.6 Å². The van der Waals surface area contributed by atoms with Crippen LogP contribution in [0.2, 0.25) is 0 Å². The molecule has 0 saturated heterocycles. The van der Waals surface area contributed by atoms with E-state index in [9.17, 15) is 0 Å². The molecule has 2 heteroatoms. The number of unbranched alkanes of at least 4 members (excludes halogenated alkanes) is 5. The van der Waals surface area contributed by atoms with Crippen LogP contribution in [0.5, 0.6) is 0 Å². The van der Waals surface area contributed by atoms with E-state index in [2.05, 4.69) is 6.92 Å². The van der Waals surface area contributed by atoms with Gasteiger partial charge in [-0.1, -0.05) is 39.0 Å². The zero-order valence-corrected chi connectivity index (χ0v) is 7.84. The maximum Gasteiger partial charge on any atom is 0.0235 e. The quantitative estimate of drug-likeness (QED) is 0.456. The minimum absolute atomic E-state index is 0.812. The summed E-state index contributed by atoms with van der Waals surface area (Å²) in [5.41, 5.74) is 0. The largest absolute Gasteiger partial charge is 0.314 e. The third-order valence-corrected chi connectivity index (χ3v) is 1.84. The van der Waals surface area contributed by atoms with Gasteiger partial charge in [-0.25, -0.2) is 0 Å². The van der Waals surface area contributed by atoms with Crippen molar-refractivity contribution in [3.8, 4) is 0 Å². The van der Waals surface area contributed by atoms with Crippen molar-refractivity contribution >= 4 is 0 Å². The normalized spacial score (nSPS) is 10.9. The van der Waals surface area contributed by atoms with Crippen LogP contribution in [0.3, 0.4) is 0 Å². The van der Waals surface area contributed by atoms with Crippen LogP contribution in [0.4, 0.5) is 0 Å². The Morgan fingerprint density at radius 1 is 1.00 bits per heavy atom. The van der Waals surface area contributed by atoms with Crippen LogP contribution in [0.1, 0.15) is 45.4 Å². The molecule has 0 fully saturated rings. The summed E-state index contributed by atoms with van der Waals surface area (Å²) < 4.78 is 0. The van der Waals surface area contributed by atoms with Crippen LogP contribution < -0.4 is 0 Å². The van der Waals surface area contributed by atoms with E-state index >= 15 is 0 Å². The molecule has 1 N–H and O–H groups in total. The van der Waals surface area contributed by atoms with Gasteiger partial charge in [0.1, 0.15) is 0 Å². The molecule has 0 aliphatic rings. The lowest BCUT2D eigenvalue weighted by molar-refractivity contribution is -0.0655. The van der Waals surface area contributed by atoms with Gasteiger partial charge in [0.25, 0.3) is 0 Å². The summed E-state index contributed by atoms with van der Waals surface area (Å²) in [4.78, 5) is 0. The predicted molar refractivity (Wildman–Crippen MR) is 47.8 cm³/mol.